The number of aliphatic hydroxyl groups is 1. The van der Waals surface area contributed by atoms with Gasteiger partial charge in [-0.2, -0.15) is 10.4 Å². The second kappa shape index (κ2) is 11.8. The van der Waals surface area contributed by atoms with Gasteiger partial charge in [0.1, 0.15) is 16.9 Å². The van der Waals surface area contributed by atoms with E-state index in [1.807, 2.05) is 4.68 Å². The smallest absolute Gasteiger partial charge is 0.255 e. The minimum Gasteiger partial charge on any atom is -0.389 e. The lowest BCUT2D eigenvalue weighted by molar-refractivity contribution is 0.0810. The summed E-state index contributed by atoms with van der Waals surface area (Å²) in [5.74, 6) is 1.25. The first-order chi connectivity index (χ1) is 22.4. The number of halogens is 2. The standard InChI is InChI=1S/C33H41F2N9O2S/c1-18(22-9-7-13-42(22)4)44-31-21(15-38-44)30(43(16-24(34)35)17-32(2,3)45)39-29(40-31)26-19-8-5-11-33(27(19)46-41-26)12-6-10-23-25(33)20(14-36)28(37)47-23/h15,18,22,24,45H,5-13,16-17,37H2,1-4H3/t18-,22-,33-/m0/s1. The second-order valence-electron chi connectivity index (χ2n) is 14.1. The highest BCUT2D eigenvalue weighted by atomic mass is 32.1. The predicted molar refractivity (Wildman–Crippen MR) is 176 cm³/mol. The molecule has 4 aromatic rings. The van der Waals surface area contributed by atoms with Crippen LogP contribution in [-0.4, -0.2) is 79.7 Å². The van der Waals surface area contributed by atoms with Gasteiger partial charge < -0.3 is 25.2 Å². The number of thiophene rings is 1. The number of aromatic nitrogens is 5. The molecule has 0 aromatic carbocycles. The fourth-order valence-corrected chi connectivity index (χ4v) is 9.50. The molecule has 5 heterocycles. The fraction of sp³-hybridized carbons (Fsp3) is 0.606. The molecule has 3 N–H and O–H groups in total. The summed E-state index contributed by atoms with van der Waals surface area (Å²) in [7, 11) is 2.10. The maximum Gasteiger partial charge on any atom is 0.255 e. The minimum absolute atomic E-state index is 0.0444. The summed E-state index contributed by atoms with van der Waals surface area (Å²) < 4.78 is 36.2. The number of anilines is 2. The molecule has 0 saturated carbocycles. The monoisotopic (exact) mass is 665 g/mol. The van der Waals surface area contributed by atoms with E-state index in [0.717, 1.165) is 73.3 Å². The topological polar surface area (TPSA) is 146 Å². The van der Waals surface area contributed by atoms with Gasteiger partial charge in [-0.3, -0.25) is 0 Å². The van der Waals surface area contributed by atoms with Crippen molar-refractivity contribution in [1.82, 2.24) is 29.8 Å². The van der Waals surface area contributed by atoms with Crippen molar-refractivity contribution in [2.45, 2.75) is 102 Å². The van der Waals surface area contributed by atoms with E-state index in [-0.39, 0.29) is 30.3 Å². The predicted octanol–water partition coefficient (Wildman–Crippen LogP) is 5.45. The van der Waals surface area contributed by atoms with Crippen LogP contribution in [0, 0.1) is 11.3 Å². The van der Waals surface area contributed by atoms with Crippen LogP contribution in [-0.2, 0) is 18.3 Å². The van der Waals surface area contributed by atoms with Crippen molar-refractivity contribution in [1.29, 1.82) is 5.26 Å². The molecule has 7 rings (SSSR count). The first kappa shape index (κ1) is 31.9. The summed E-state index contributed by atoms with van der Waals surface area (Å²) in [5.41, 5.74) is 7.90. The Labute approximate surface area is 276 Å². The first-order valence-electron chi connectivity index (χ1n) is 16.4. The largest absolute Gasteiger partial charge is 0.389 e. The van der Waals surface area contributed by atoms with E-state index in [1.54, 1.807) is 20.0 Å². The van der Waals surface area contributed by atoms with Gasteiger partial charge in [-0.15, -0.1) is 11.3 Å². The average molecular weight is 666 g/mol. The van der Waals surface area contributed by atoms with E-state index in [1.165, 1.54) is 16.2 Å². The van der Waals surface area contributed by atoms with Crippen LogP contribution in [0.2, 0.25) is 0 Å². The van der Waals surface area contributed by atoms with Crippen LogP contribution in [0.25, 0.3) is 22.6 Å². The van der Waals surface area contributed by atoms with Gasteiger partial charge in [-0.25, -0.2) is 23.4 Å². The quantitative estimate of drug-likeness (QED) is 0.249. The third kappa shape index (κ3) is 5.36. The molecule has 47 heavy (non-hydrogen) atoms. The SMILES string of the molecule is C[C@@H]([C@@H]1CCCN1C)n1ncc2c(N(CC(F)F)CC(C)(C)O)nc(-c3noc4c3CCC[C@@]43CCCc4sc(N)c(C#N)c43)nc21. The minimum atomic E-state index is -2.67. The maximum absolute atomic E-state index is 14.1. The van der Waals surface area contributed by atoms with Crippen molar-refractivity contribution >= 4 is 33.2 Å². The number of nitrogens with two attached hydrogens (primary N) is 1. The normalized spacial score (nSPS) is 22.1. The average Bonchev–Trinajstić information content (AvgIpc) is 3.80. The zero-order valence-corrected chi connectivity index (χ0v) is 28.1. The number of nitriles is 1. The van der Waals surface area contributed by atoms with Crippen LogP contribution in [0.3, 0.4) is 0 Å². The third-order valence-corrected chi connectivity index (χ3v) is 11.3. The molecular formula is C33H41F2N9O2S. The van der Waals surface area contributed by atoms with Crippen molar-refractivity contribution in [2.75, 3.05) is 37.3 Å². The van der Waals surface area contributed by atoms with E-state index in [0.29, 0.717) is 33.7 Å². The number of hydrogen-bond donors (Lipinski definition) is 2. The number of hydrogen-bond acceptors (Lipinski definition) is 11. The lowest BCUT2D eigenvalue weighted by atomic mass is 9.63. The van der Waals surface area contributed by atoms with Crippen molar-refractivity contribution in [3.05, 3.63) is 33.5 Å². The highest BCUT2D eigenvalue weighted by Crippen LogP contribution is 2.55. The second-order valence-corrected chi connectivity index (χ2v) is 15.2. The molecule has 11 nitrogen and oxygen atoms in total. The molecule has 0 bridgehead atoms. The summed E-state index contributed by atoms with van der Waals surface area (Å²) in [6.07, 6.45) is 6.02. The molecule has 0 radical (unpaired) electrons. The zero-order chi connectivity index (χ0) is 33.2. The van der Waals surface area contributed by atoms with Gasteiger partial charge in [0.2, 0.25) is 0 Å². The van der Waals surface area contributed by atoms with Crippen LogP contribution in [0.1, 0.15) is 92.7 Å². The van der Waals surface area contributed by atoms with E-state index >= 15 is 0 Å². The number of nitrogen functional groups attached to an aromatic ring is 1. The molecule has 3 aliphatic rings. The van der Waals surface area contributed by atoms with Crippen molar-refractivity contribution < 1.29 is 18.4 Å². The van der Waals surface area contributed by atoms with Gasteiger partial charge in [-0.05, 0) is 91.3 Å². The molecule has 1 saturated heterocycles. The molecule has 1 fully saturated rings. The van der Waals surface area contributed by atoms with E-state index in [4.69, 9.17) is 25.3 Å². The van der Waals surface area contributed by atoms with Crippen LogP contribution in [0.4, 0.5) is 19.6 Å². The first-order valence-corrected chi connectivity index (χ1v) is 17.3. The molecule has 3 atom stereocenters. The number of likely N-dealkylation sites (tertiary alicyclic amines) is 1. The summed E-state index contributed by atoms with van der Waals surface area (Å²) in [6, 6.07) is 2.55. The number of nitrogens with zero attached hydrogens (tertiary/aromatic N) is 8. The number of likely N-dealkylation sites (N-methyl/N-ethyl adjacent to an activating group) is 1. The summed E-state index contributed by atoms with van der Waals surface area (Å²) in [4.78, 5) is 14.8. The summed E-state index contributed by atoms with van der Waals surface area (Å²) in [5, 5.41) is 31.3. The molecule has 250 valence electrons. The zero-order valence-electron chi connectivity index (χ0n) is 27.3. The molecule has 1 spiro atoms. The number of alkyl halides is 2. The van der Waals surface area contributed by atoms with Crippen LogP contribution < -0.4 is 10.6 Å². The fourth-order valence-electron chi connectivity index (χ4n) is 8.34. The Bertz CT molecular complexity index is 1850. The van der Waals surface area contributed by atoms with Gasteiger partial charge in [0.05, 0.1) is 40.7 Å². The van der Waals surface area contributed by atoms with Gasteiger partial charge >= 0.3 is 0 Å². The van der Waals surface area contributed by atoms with Crippen molar-refractivity contribution in [2.24, 2.45) is 0 Å². The van der Waals surface area contributed by atoms with E-state index in [9.17, 15) is 19.1 Å². The number of fused-ring (bicyclic) bond motifs is 5. The Hall–Kier alpha value is -3.67. The Morgan fingerprint density at radius 1 is 1.26 bits per heavy atom. The highest BCUT2D eigenvalue weighted by Gasteiger charge is 2.49. The van der Waals surface area contributed by atoms with Gasteiger partial charge in [0.25, 0.3) is 6.43 Å². The lowest BCUT2D eigenvalue weighted by Gasteiger charge is -2.39. The van der Waals surface area contributed by atoms with E-state index in [2.05, 4.69) is 30.1 Å². The van der Waals surface area contributed by atoms with Crippen LogP contribution in [0.15, 0.2) is 10.7 Å². The van der Waals surface area contributed by atoms with Crippen LogP contribution >= 0.6 is 11.3 Å². The Kier molecular flexibility index (Phi) is 8.00. The van der Waals surface area contributed by atoms with Gasteiger partial charge in [0.15, 0.2) is 22.9 Å². The Morgan fingerprint density at radius 2 is 2.02 bits per heavy atom. The maximum atomic E-state index is 14.1. The number of aryl methyl sites for hydroxylation is 1. The molecule has 14 heteroatoms. The van der Waals surface area contributed by atoms with Crippen molar-refractivity contribution in [3.63, 3.8) is 0 Å². The van der Waals surface area contributed by atoms with E-state index < -0.39 is 24.0 Å². The molecule has 2 aliphatic carbocycles. The molecule has 0 amide bonds. The van der Waals surface area contributed by atoms with Gasteiger partial charge in [-0.1, -0.05) is 5.16 Å². The van der Waals surface area contributed by atoms with Crippen LogP contribution in [0.5, 0.6) is 0 Å². The number of rotatable bonds is 8. The van der Waals surface area contributed by atoms with Gasteiger partial charge in [0, 0.05) is 23.0 Å². The molecule has 1 aliphatic heterocycles. The summed E-state index contributed by atoms with van der Waals surface area (Å²) in [6.45, 7) is 5.58. The molecular weight excluding hydrogens is 624 g/mol. The molecule has 0 unspecified atom stereocenters. The van der Waals surface area contributed by atoms with Crippen molar-refractivity contribution in [3.8, 4) is 17.6 Å². The highest BCUT2D eigenvalue weighted by molar-refractivity contribution is 7.16. The summed E-state index contributed by atoms with van der Waals surface area (Å²) >= 11 is 1.49. The molecule has 4 aromatic heterocycles. The Morgan fingerprint density at radius 3 is 2.70 bits per heavy atom. The Balaban J connectivity index is 1.42. The third-order valence-electron chi connectivity index (χ3n) is 10.3. The lowest BCUT2D eigenvalue weighted by Crippen LogP contribution is -2.41.